The molecule has 0 spiro atoms. The number of hydrogen-bond acceptors (Lipinski definition) is 3. The molecule has 0 radical (unpaired) electrons. The Hall–Kier alpha value is -2.62. The summed E-state index contributed by atoms with van der Waals surface area (Å²) < 4.78 is 5.31. The van der Waals surface area contributed by atoms with E-state index in [4.69, 9.17) is 4.52 Å². The molecule has 2 aromatic carbocycles. The molecule has 1 aromatic heterocycles. The number of rotatable bonds is 2. The maximum absolute atomic E-state index is 12.9. The van der Waals surface area contributed by atoms with Gasteiger partial charge in [0, 0.05) is 17.6 Å². The molecule has 1 amide bonds. The van der Waals surface area contributed by atoms with Crippen molar-refractivity contribution >= 4 is 22.6 Å². The van der Waals surface area contributed by atoms with Gasteiger partial charge in [0.25, 0.3) is 0 Å². The molecule has 1 aliphatic heterocycles. The summed E-state index contributed by atoms with van der Waals surface area (Å²) in [6, 6.07) is 13.9. The molecule has 3 aromatic rings. The van der Waals surface area contributed by atoms with Gasteiger partial charge in [-0.3, -0.25) is 4.79 Å². The number of carbonyl (C=O) groups excluding carboxylic acids is 1. The molecule has 4 nitrogen and oxygen atoms in total. The first-order valence-electron chi connectivity index (χ1n) is 7.96. The van der Waals surface area contributed by atoms with E-state index in [1.54, 1.807) is 0 Å². The van der Waals surface area contributed by atoms with E-state index in [9.17, 15) is 4.79 Å². The highest BCUT2D eigenvalue weighted by Gasteiger charge is 2.25. The van der Waals surface area contributed by atoms with E-state index in [1.807, 2.05) is 29.2 Å². The van der Waals surface area contributed by atoms with E-state index in [1.165, 1.54) is 5.56 Å². The highest BCUT2D eigenvalue weighted by atomic mass is 16.5. The zero-order valence-corrected chi connectivity index (χ0v) is 13.1. The smallest absolute Gasteiger partial charge is 0.233 e. The molecule has 0 aliphatic carbocycles. The van der Waals surface area contributed by atoms with Crippen LogP contribution >= 0.6 is 0 Å². The predicted molar refractivity (Wildman–Crippen MR) is 89.6 cm³/mol. The fraction of sp³-hybridized carbons (Fsp3) is 0.263. The first-order valence-corrected chi connectivity index (χ1v) is 7.96. The van der Waals surface area contributed by atoms with E-state index in [0.29, 0.717) is 5.69 Å². The number of benzene rings is 2. The van der Waals surface area contributed by atoms with E-state index < -0.39 is 0 Å². The summed E-state index contributed by atoms with van der Waals surface area (Å²) in [7, 11) is 0. The third-order valence-electron chi connectivity index (χ3n) is 4.49. The van der Waals surface area contributed by atoms with Crippen molar-refractivity contribution in [2.45, 2.75) is 26.2 Å². The molecule has 116 valence electrons. The molecule has 0 bridgehead atoms. The van der Waals surface area contributed by atoms with Gasteiger partial charge in [-0.2, -0.15) is 0 Å². The molecule has 23 heavy (non-hydrogen) atoms. The number of nitrogens with zero attached hydrogens (tertiary/aromatic N) is 2. The van der Waals surface area contributed by atoms with Gasteiger partial charge in [-0.1, -0.05) is 35.5 Å². The number of aryl methyl sites for hydroxylation is 2. The van der Waals surface area contributed by atoms with Crippen LogP contribution in [0.4, 0.5) is 5.69 Å². The van der Waals surface area contributed by atoms with Crippen molar-refractivity contribution in [1.82, 2.24) is 5.16 Å². The van der Waals surface area contributed by atoms with Gasteiger partial charge in [0.2, 0.25) is 5.91 Å². The summed E-state index contributed by atoms with van der Waals surface area (Å²) in [4.78, 5) is 14.8. The van der Waals surface area contributed by atoms with Gasteiger partial charge in [-0.25, -0.2) is 0 Å². The number of para-hydroxylation sites is 2. The van der Waals surface area contributed by atoms with Gasteiger partial charge >= 0.3 is 0 Å². The zero-order valence-electron chi connectivity index (χ0n) is 13.1. The second kappa shape index (κ2) is 5.54. The zero-order chi connectivity index (χ0) is 15.8. The Morgan fingerprint density at radius 1 is 1.22 bits per heavy atom. The Labute approximate surface area is 134 Å². The number of amides is 1. The van der Waals surface area contributed by atoms with E-state index in [0.717, 1.165) is 41.6 Å². The number of fused-ring (bicyclic) bond motifs is 2. The highest BCUT2D eigenvalue weighted by Crippen LogP contribution is 2.31. The monoisotopic (exact) mass is 306 g/mol. The molecule has 0 N–H and O–H groups in total. The third-order valence-corrected chi connectivity index (χ3v) is 4.49. The van der Waals surface area contributed by atoms with Gasteiger partial charge in [-0.15, -0.1) is 0 Å². The fourth-order valence-electron chi connectivity index (χ4n) is 3.40. The van der Waals surface area contributed by atoms with Crippen molar-refractivity contribution in [2.75, 3.05) is 11.4 Å². The van der Waals surface area contributed by atoms with Crippen molar-refractivity contribution in [1.29, 1.82) is 0 Å². The molecule has 0 atom stereocenters. The summed E-state index contributed by atoms with van der Waals surface area (Å²) in [6.45, 7) is 2.84. The topological polar surface area (TPSA) is 46.3 Å². The van der Waals surface area contributed by atoms with Crippen LogP contribution in [-0.4, -0.2) is 17.6 Å². The molecule has 0 fully saturated rings. The molecule has 0 unspecified atom stereocenters. The molecule has 2 heterocycles. The minimum Gasteiger partial charge on any atom is -0.356 e. The van der Waals surface area contributed by atoms with Crippen LogP contribution in [0.5, 0.6) is 0 Å². The number of carbonyl (C=O) groups is 1. The maximum atomic E-state index is 12.9. The first kappa shape index (κ1) is 14.0. The van der Waals surface area contributed by atoms with Gasteiger partial charge in [0.05, 0.1) is 6.42 Å². The van der Waals surface area contributed by atoms with Gasteiger partial charge in [0.15, 0.2) is 5.58 Å². The largest absolute Gasteiger partial charge is 0.356 e. The maximum Gasteiger partial charge on any atom is 0.233 e. The summed E-state index contributed by atoms with van der Waals surface area (Å²) >= 11 is 0. The quantitative estimate of drug-likeness (QED) is 0.726. The summed E-state index contributed by atoms with van der Waals surface area (Å²) in [5.41, 5.74) is 4.93. The Morgan fingerprint density at radius 2 is 2.09 bits per heavy atom. The van der Waals surface area contributed by atoms with Crippen LogP contribution in [0.1, 0.15) is 23.2 Å². The van der Waals surface area contributed by atoms with Gasteiger partial charge < -0.3 is 9.42 Å². The average molecular weight is 306 g/mol. The molecule has 0 saturated carbocycles. The molecular formula is C19H18N2O2. The Morgan fingerprint density at radius 3 is 3.00 bits per heavy atom. The van der Waals surface area contributed by atoms with E-state index in [-0.39, 0.29) is 12.3 Å². The lowest BCUT2D eigenvalue weighted by Gasteiger charge is -2.31. The van der Waals surface area contributed by atoms with Crippen LogP contribution in [0.15, 0.2) is 47.0 Å². The van der Waals surface area contributed by atoms with Crippen molar-refractivity contribution in [3.63, 3.8) is 0 Å². The summed E-state index contributed by atoms with van der Waals surface area (Å²) in [5, 5.41) is 5.01. The predicted octanol–water partition coefficient (Wildman–Crippen LogP) is 3.66. The molecule has 0 saturated heterocycles. The van der Waals surface area contributed by atoms with Crippen molar-refractivity contribution in [3.05, 3.63) is 59.3 Å². The molecule has 4 rings (SSSR count). The van der Waals surface area contributed by atoms with Crippen molar-refractivity contribution < 1.29 is 9.32 Å². The average Bonchev–Trinajstić information content (AvgIpc) is 2.98. The second-order valence-corrected chi connectivity index (χ2v) is 6.03. The van der Waals surface area contributed by atoms with Crippen LogP contribution in [0.25, 0.3) is 11.0 Å². The van der Waals surface area contributed by atoms with Crippen LogP contribution in [0.3, 0.4) is 0 Å². The van der Waals surface area contributed by atoms with Crippen molar-refractivity contribution in [2.24, 2.45) is 0 Å². The standard InChI is InChI=1S/C19H18N2O2/c1-13-6-4-7-14-8-5-11-21(19(13)14)18(22)12-16-15-9-2-3-10-17(15)23-20-16/h2-4,6-7,9-10H,5,8,11-12H2,1H3. The minimum absolute atomic E-state index is 0.0827. The minimum atomic E-state index is 0.0827. The first-order chi connectivity index (χ1) is 11.2. The summed E-state index contributed by atoms with van der Waals surface area (Å²) in [5.74, 6) is 0.0827. The van der Waals surface area contributed by atoms with Crippen LogP contribution in [-0.2, 0) is 17.6 Å². The van der Waals surface area contributed by atoms with Crippen LogP contribution < -0.4 is 4.90 Å². The SMILES string of the molecule is Cc1cccc2c1N(C(=O)Cc1noc3ccccc13)CCC2. The Kier molecular flexibility index (Phi) is 3.37. The van der Waals surface area contributed by atoms with Crippen LogP contribution in [0, 0.1) is 6.92 Å². The highest BCUT2D eigenvalue weighted by molar-refractivity contribution is 5.98. The number of anilines is 1. The Bertz CT molecular complexity index is 882. The second-order valence-electron chi connectivity index (χ2n) is 6.03. The lowest BCUT2D eigenvalue weighted by molar-refractivity contribution is -0.118. The van der Waals surface area contributed by atoms with Crippen LogP contribution in [0.2, 0.25) is 0 Å². The summed E-state index contributed by atoms with van der Waals surface area (Å²) in [6.07, 6.45) is 2.31. The van der Waals surface area contributed by atoms with Gasteiger partial charge in [0.1, 0.15) is 5.69 Å². The normalized spacial score (nSPS) is 14.0. The third kappa shape index (κ3) is 2.40. The van der Waals surface area contributed by atoms with E-state index in [2.05, 4.69) is 30.3 Å². The fourth-order valence-corrected chi connectivity index (χ4v) is 3.40. The number of hydrogen-bond donors (Lipinski definition) is 0. The molecule has 1 aliphatic rings. The number of aromatic nitrogens is 1. The molecular weight excluding hydrogens is 288 g/mol. The lowest BCUT2D eigenvalue weighted by Crippen LogP contribution is -2.37. The lowest BCUT2D eigenvalue weighted by atomic mass is 9.97. The molecule has 4 heteroatoms. The Balaban J connectivity index is 1.66. The van der Waals surface area contributed by atoms with E-state index >= 15 is 0 Å². The van der Waals surface area contributed by atoms with Crippen molar-refractivity contribution in [3.8, 4) is 0 Å². The van der Waals surface area contributed by atoms with Gasteiger partial charge in [-0.05, 0) is 43.0 Å².